The number of likely N-dealkylation sites (N-methyl/N-ethyl adjacent to an activating group) is 1. The van der Waals surface area contributed by atoms with Crippen molar-refractivity contribution in [3.8, 4) is 0 Å². The second-order valence-corrected chi connectivity index (χ2v) is 4.56. The highest BCUT2D eigenvalue weighted by Gasteiger charge is 2.26. The number of halogens is 1. The van der Waals surface area contributed by atoms with E-state index in [1.165, 1.54) is 24.1 Å². The van der Waals surface area contributed by atoms with Gasteiger partial charge in [-0.15, -0.1) is 0 Å². The Morgan fingerprint density at radius 1 is 1.58 bits per heavy atom. The van der Waals surface area contributed by atoms with Crippen LogP contribution in [0.15, 0.2) is 18.2 Å². The Morgan fingerprint density at radius 3 is 2.84 bits per heavy atom. The van der Waals surface area contributed by atoms with Crippen LogP contribution in [0.25, 0.3) is 0 Å². The first-order valence-electron chi connectivity index (χ1n) is 5.92. The van der Waals surface area contributed by atoms with Crippen LogP contribution in [0.4, 0.5) is 15.8 Å². The normalized spacial score (nSPS) is 14.0. The Morgan fingerprint density at radius 2 is 2.26 bits per heavy atom. The van der Waals surface area contributed by atoms with Crippen LogP contribution in [0.3, 0.4) is 0 Å². The van der Waals surface area contributed by atoms with Crippen molar-refractivity contribution in [3.05, 3.63) is 34.1 Å². The van der Waals surface area contributed by atoms with Crippen molar-refractivity contribution in [1.82, 2.24) is 5.32 Å². The summed E-state index contributed by atoms with van der Waals surface area (Å²) in [5.41, 5.74) is -0.514. The lowest BCUT2D eigenvalue weighted by atomic mass is 10.2. The first-order valence-corrected chi connectivity index (χ1v) is 5.92. The minimum atomic E-state index is -0.906. The third kappa shape index (κ3) is 3.18. The van der Waals surface area contributed by atoms with Gasteiger partial charge in [0.1, 0.15) is 5.69 Å². The van der Waals surface area contributed by atoms with Gasteiger partial charge in [0.05, 0.1) is 11.5 Å². The zero-order valence-corrected chi connectivity index (χ0v) is 10.4. The molecule has 7 heteroatoms. The molecule has 0 aromatic heterocycles. The summed E-state index contributed by atoms with van der Waals surface area (Å²) in [6.45, 7) is -0.0409. The van der Waals surface area contributed by atoms with Crippen LogP contribution in [0.5, 0.6) is 0 Å². The molecular formula is C12H14FN3O3. The number of carbonyl (C=O) groups is 1. The van der Waals surface area contributed by atoms with E-state index >= 15 is 0 Å². The first kappa shape index (κ1) is 13.3. The molecule has 102 valence electrons. The van der Waals surface area contributed by atoms with Crippen molar-refractivity contribution in [1.29, 1.82) is 0 Å². The third-order valence-corrected chi connectivity index (χ3v) is 2.88. The van der Waals surface area contributed by atoms with Crippen molar-refractivity contribution in [2.24, 2.45) is 0 Å². The van der Waals surface area contributed by atoms with Crippen molar-refractivity contribution in [3.63, 3.8) is 0 Å². The Labute approximate surface area is 109 Å². The molecule has 19 heavy (non-hydrogen) atoms. The van der Waals surface area contributed by atoms with Gasteiger partial charge in [-0.2, -0.15) is 4.39 Å². The summed E-state index contributed by atoms with van der Waals surface area (Å²) < 4.78 is 13.4. The molecule has 1 aromatic carbocycles. The number of nitro benzene ring substituents is 1. The van der Waals surface area contributed by atoms with Crippen LogP contribution in [-0.4, -0.2) is 30.5 Å². The van der Waals surface area contributed by atoms with Crippen molar-refractivity contribution >= 4 is 17.3 Å². The minimum absolute atomic E-state index is 0.0409. The van der Waals surface area contributed by atoms with Crippen LogP contribution in [0.2, 0.25) is 0 Å². The number of amides is 1. The molecule has 0 spiro atoms. The monoisotopic (exact) mass is 267 g/mol. The average molecular weight is 267 g/mol. The second-order valence-electron chi connectivity index (χ2n) is 4.56. The maximum absolute atomic E-state index is 13.4. The fraction of sp³-hybridized carbons (Fsp3) is 0.417. The molecule has 0 atom stereocenters. The van der Waals surface area contributed by atoms with Gasteiger partial charge in [0.15, 0.2) is 0 Å². The molecule has 6 nitrogen and oxygen atoms in total. The van der Waals surface area contributed by atoms with E-state index in [1.54, 1.807) is 0 Å². The predicted molar refractivity (Wildman–Crippen MR) is 67.5 cm³/mol. The molecule has 1 aromatic rings. The standard InChI is InChI=1S/C12H14FN3O3/c1-15(7-11(17)14-8-5-6-8)10-4-2-3-9(13)12(10)16(18)19/h2-4,8H,5-7H2,1H3,(H,14,17). The minimum Gasteiger partial charge on any atom is -0.360 e. The first-order chi connectivity index (χ1) is 8.99. The molecule has 2 rings (SSSR count). The number of hydrogen-bond donors (Lipinski definition) is 1. The summed E-state index contributed by atoms with van der Waals surface area (Å²) in [7, 11) is 1.52. The van der Waals surface area contributed by atoms with Crippen LogP contribution in [0, 0.1) is 15.9 Å². The number of rotatable bonds is 5. The summed E-state index contributed by atoms with van der Waals surface area (Å²) >= 11 is 0. The molecule has 0 bridgehead atoms. The van der Waals surface area contributed by atoms with Gasteiger partial charge >= 0.3 is 5.69 Å². The predicted octanol–water partition coefficient (Wildman–Crippen LogP) is 1.45. The number of nitrogens with zero attached hydrogens (tertiary/aromatic N) is 2. The number of nitro groups is 1. The summed E-state index contributed by atoms with van der Waals surface area (Å²) in [4.78, 5) is 23.1. The average Bonchev–Trinajstić information content (AvgIpc) is 3.11. The molecule has 0 heterocycles. The number of benzene rings is 1. The largest absolute Gasteiger partial charge is 0.360 e. The molecule has 0 radical (unpaired) electrons. The summed E-state index contributed by atoms with van der Waals surface area (Å²) in [6.07, 6.45) is 1.94. The van der Waals surface area contributed by atoms with Gasteiger partial charge in [0.25, 0.3) is 0 Å². The van der Waals surface area contributed by atoms with Gasteiger partial charge in [-0.1, -0.05) is 6.07 Å². The van der Waals surface area contributed by atoms with E-state index in [4.69, 9.17) is 0 Å². The lowest BCUT2D eigenvalue weighted by Crippen LogP contribution is -2.36. The molecule has 0 aliphatic heterocycles. The van der Waals surface area contributed by atoms with Crippen LogP contribution in [-0.2, 0) is 4.79 Å². The topological polar surface area (TPSA) is 75.5 Å². The molecule has 1 N–H and O–H groups in total. The number of nitrogens with one attached hydrogen (secondary N) is 1. The number of anilines is 1. The maximum atomic E-state index is 13.4. The van der Waals surface area contributed by atoms with Gasteiger partial charge in [-0.3, -0.25) is 14.9 Å². The van der Waals surface area contributed by atoms with E-state index in [-0.39, 0.29) is 24.2 Å². The lowest BCUT2D eigenvalue weighted by Gasteiger charge is -2.18. The zero-order valence-electron chi connectivity index (χ0n) is 10.4. The molecule has 0 unspecified atom stereocenters. The van der Waals surface area contributed by atoms with Gasteiger partial charge < -0.3 is 10.2 Å². The van der Waals surface area contributed by atoms with Gasteiger partial charge in [-0.25, -0.2) is 0 Å². The molecule has 1 saturated carbocycles. The zero-order chi connectivity index (χ0) is 14.0. The van der Waals surface area contributed by atoms with Crippen molar-refractivity contribution < 1.29 is 14.1 Å². The summed E-state index contributed by atoms with van der Waals surface area (Å²) in [6, 6.07) is 4.06. The Balaban J connectivity index is 2.13. The SMILES string of the molecule is CN(CC(=O)NC1CC1)c1cccc(F)c1[N+](=O)[O-]. The Bertz CT molecular complexity index is 517. The van der Waals surface area contributed by atoms with Crippen molar-refractivity contribution in [2.75, 3.05) is 18.5 Å². The van der Waals surface area contributed by atoms with Crippen LogP contribution < -0.4 is 10.2 Å². The molecule has 0 saturated heterocycles. The molecule has 1 fully saturated rings. The van der Waals surface area contributed by atoms with E-state index in [0.29, 0.717) is 0 Å². The fourth-order valence-corrected chi connectivity index (χ4v) is 1.79. The highest BCUT2D eigenvalue weighted by Crippen LogP contribution is 2.29. The van der Waals surface area contributed by atoms with E-state index in [9.17, 15) is 19.3 Å². The number of para-hydroxylation sites is 1. The molecule has 1 aliphatic carbocycles. The van der Waals surface area contributed by atoms with E-state index in [0.717, 1.165) is 18.9 Å². The molecule has 1 aliphatic rings. The molecular weight excluding hydrogens is 253 g/mol. The smallest absolute Gasteiger partial charge is 0.327 e. The quantitative estimate of drug-likeness (QED) is 0.647. The van der Waals surface area contributed by atoms with Crippen molar-refractivity contribution in [2.45, 2.75) is 18.9 Å². The molecule has 1 amide bonds. The Kier molecular flexibility index (Phi) is 3.64. The van der Waals surface area contributed by atoms with Crippen LogP contribution >= 0.6 is 0 Å². The second kappa shape index (κ2) is 5.21. The van der Waals surface area contributed by atoms with E-state index in [2.05, 4.69) is 5.32 Å². The summed E-state index contributed by atoms with van der Waals surface area (Å²) in [5.74, 6) is -1.12. The van der Waals surface area contributed by atoms with Crippen LogP contribution in [0.1, 0.15) is 12.8 Å². The lowest BCUT2D eigenvalue weighted by molar-refractivity contribution is -0.386. The highest BCUT2D eigenvalue weighted by molar-refractivity contribution is 5.82. The number of hydrogen-bond acceptors (Lipinski definition) is 4. The number of carbonyl (C=O) groups excluding carboxylic acids is 1. The maximum Gasteiger partial charge on any atom is 0.327 e. The highest BCUT2D eigenvalue weighted by atomic mass is 19.1. The van der Waals surface area contributed by atoms with Gasteiger partial charge in [0.2, 0.25) is 11.7 Å². The Hall–Kier alpha value is -2.18. The third-order valence-electron chi connectivity index (χ3n) is 2.88. The summed E-state index contributed by atoms with van der Waals surface area (Å²) in [5, 5.41) is 13.6. The fourth-order valence-electron chi connectivity index (χ4n) is 1.79. The van der Waals surface area contributed by atoms with E-state index < -0.39 is 16.4 Å². The van der Waals surface area contributed by atoms with E-state index in [1.807, 2.05) is 0 Å². The van der Waals surface area contributed by atoms with Gasteiger partial charge in [0, 0.05) is 13.1 Å². The van der Waals surface area contributed by atoms with Gasteiger partial charge in [-0.05, 0) is 25.0 Å².